The maximum Gasteiger partial charge on any atom is 0.325 e. The fourth-order valence-electron chi connectivity index (χ4n) is 8.07. The number of hydrogen-bond acceptors (Lipinski definition) is 11. The number of methoxy groups -OCH3 is 1. The molecule has 0 saturated carbocycles. The summed E-state index contributed by atoms with van der Waals surface area (Å²) in [4.78, 5) is 48.9. The van der Waals surface area contributed by atoms with E-state index in [-0.39, 0.29) is 31.0 Å². The summed E-state index contributed by atoms with van der Waals surface area (Å²) in [6, 6.07) is 13.6. The standard InChI is InChI=1S/C38H42Cl2N8O6/c1-53-33-7-4-25(31-22-42-45-43-31)19-28(33)34(49)47-16-9-37(24-47,26-5-6-29(39)30(40)20-26)8-13-46-14-10-38(11-15-46,27-3-2-12-41-21-27)36(52)44-48-17-18-54-23-32(48)35(50)51/h2-7,12,19-22,31-32H,8-11,13-18,23-24H2,1H3,(H,44,52)(H,50,51). The minimum Gasteiger partial charge on any atom is -0.496 e. The number of carboxylic acids is 1. The van der Waals surface area contributed by atoms with Gasteiger partial charge >= 0.3 is 5.97 Å². The number of carbonyl (C=O) groups excluding carboxylic acids is 2. The van der Waals surface area contributed by atoms with E-state index >= 15 is 0 Å². The minimum absolute atomic E-state index is 0.00457. The molecule has 4 aliphatic heterocycles. The molecular formula is C38H42Cl2N8O6. The van der Waals surface area contributed by atoms with E-state index in [1.807, 2.05) is 35.2 Å². The van der Waals surface area contributed by atoms with Crippen molar-refractivity contribution in [3.05, 3.63) is 93.2 Å². The van der Waals surface area contributed by atoms with E-state index in [0.29, 0.717) is 80.0 Å². The summed E-state index contributed by atoms with van der Waals surface area (Å²) in [5.74, 6) is -0.965. The normalized spacial score (nSPS) is 24.1. The van der Waals surface area contributed by atoms with Crippen LogP contribution in [-0.4, -0.2) is 115 Å². The quantitative estimate of drug-likeness (QED) is 0.276. The molecule has 16 heteroatoms. The molecule has 3 aromatic rings. The van der Waals surface area contributed by atoms with Crippen LogP contribution in [-0.2, 0) is 25.2 Å². The van der Waals surface area contributed by atoms with Crippen molar-refractivity contribution in [3.8, 4) is 5.75 Å². The van der Waals surface area contributed by atoms with Gasteiger partial charge in [-0.05, 0) is 97.6 Å². The van der Waals surface area contributed by atoms with Crippen LogP contribution in [0.25, 0.3) is 0 Å². The number of carbonyl (C=O) groups is 3. The summed E-state index contributed by atoms with van der Waals surface area (Å²) in [6.07, 6.45) is 7.49. The van der Waals surface area contributed by atoms with Crippen LogP contribution in [0.5, 0.6) is 5.75 Å². The van der Waals surface area contributed by atoms with E-state index in [0.717, 1.165) is 23.1 Å². The number of benzene rings is 2. The van der Waals surface area contributed by atoms with Gasteiger partial charge in [0.2, 0.25) is 5.91 Å². The number of carboxylic acid groups (broad SMARTS) is 1. The van der Waals surface area contributed by atoms with Gasteiger partial charge in [0.15, 0.2) is 0 Å². The highest BCUT2D eigenvalue weighted by Crippen LogP contribution is 2.42. The topological polar surface area (TPSA) is 162 Å². The summed E-state index contributed by atoms with van der Waals surface area (Å²) >= 11 is 12.9. The number of hydrogen-bond donors (Lipinski definition) is 2. The Morgan fingerprint density at radius 2 is 1.85 bits per heavy atom. The molecule has 1 aromatic heterocycles. The predicted molar refractivity (Wildman–Crippen MR) is 201 cm³/mol. The monoisotopic (exact) mass is 776 g/mol. The average Bonchev–Trinajstić information content (AvgIpc) is 3.90. The summed E-state index contributed by atoms with van der Waals surface area (Å²) in [6.45, 7) is 3.54. The van der Waals surface area contributed by atoms with E-state index in [2.05, 4.69) is 30.7 Å². The molecule has 3 unspecified atom stereocenters. The van der Waals surface area contributed by atoms with E-state index in [4.69, 9.17) is 32.7 Å². The second kappa shape index (κ2) is 16.1. The molecule has 0 radical (unpaired) electrons. The van der Waals surface area contributed by atoms with E-state index < -0.39 is 22.8 Å². The van der Waals surface area contributed by atoms with Crippen molar-refractivity contribution in [2.45, 2.75) is 48.6 Å². The lowest BCUT2D eigenvalue weighted by atomic mass is 9.72. The molecule has 54 heavy (non-hydrogen) atoms. The van der Waals surface area contributed by atoms with Gasteiger partial charge in [-0.3, -0.25) is 24.8 Å². The number of piperidine rings is 1. The number of morpholine rings is 1. The Labute approximate surface area is 323 Å². The first-order chi connectivity index (χ1) is 26.1. The van der Waals surface area contributed by atoms with Gasteiger partial charge in [0.05, 0.1) is 47.6 Å². The third-order valence-corrected chi connectivity index (χ3v) is 12.1. The van der Waals surface area contributed by atoms with Gasteiger partial charge in [0.25, 0.3) is 5.91 Å². The maximum absolute atomic E-state index is 14.2. The maximum atomic E-state index is 14.2. The number of likely N-dealkylation sites (tertiary alicyclic amines) is 2. The molecule has 3 saturated heterocycles. The Hall–Kier alpha value is -4.47. The van der Waals surface area contributed by atoms with E-state index in [1.165, 1.54) is 5.01 Å². The third kappa shape index (κ3) is 7.58. The van der Waals surface area contributed by atoms with Crippen molar-refractivity contribution in [1.29, 1.82) is 0 Å². The van der Waals surface area contributed by atoms with Gasteiger partial charge in [0.1, 0.15) is 17.8 Å². The van der Waals surface area contributed by atoms with Gasteiger partial charge in [0, 0.05) is 37.4 Å². The zero-order chi connectivity index (χ0) is 37.9. The molecule has 4 aliphatic rings. The number of ether oxygens (including phenoxy) is 2. The van der Waals surface area contributed by atoms with Crippen molar-refractivity contribution < 1.29 is 29.0 Å². The number of pyridine rings is 1. The summed E-state index contributed by atoms with van der Waals surface area (Å²) in [5, 5.41) is 23.9. The fourth-order valence-corrected chi connectivity index (χ4v) is 8.36. The zero-order valence-electron chi connectivity index (χ0n) is 29.9. The number of aliphatic carboxylic acids is 1. The van der Waals surface area contributed by atoms with Crippen molar-refractivity contribution in [2.24, 2.45) is 15.4 Å². The number of rotatable bonds is 11. The van der Waals surface area contributed by atoms with Crippen LogP contribution in [0.3, 0.4) is 0 Å². The Balaban J connectivity index is 1.09. The molecule has 3 atom stereocenters. The van der Waals surface area contributed by atoms with Crippen LogP contribution in [0.4, 0.5) is 0 Å². The Kier molecular flexibility index (Phi) is 11.3. The van der Waals surface area contributed by atoms with Crippen LogP contribution in [0.1, 0.15) is 58.8 Å². The highest BCUT2D eigenvalue weighted by Gasteiger charge is 2.47. The number of nitrogens with zero attached hydrogens (tertiary/aromatic N) is 7. The van der Waals surface area contributed by atoms with E-state index in [1.54, 1.807) is 43.9 Å². The van der Waals surface area contributed by atoms with Gasteiger partial charge < -0.3 is 24.4 Å². The molecule has 7 rings (SSSR count). The van der Waals surface area contributed by atoms with Gasteiger partial charge in [-0.25, -0.2) is 5.01 Å². The fraction of sp³-hybridized carbons (Fsp3) is 0.447. The highest BCUT2D eigenvalue weighted by atomic mass is 35.5. The summed E-state index contributed by atoms with van der Waals surface area (Å²) < 4.78 is 11.0. The molecular weight excluding hydrogens is 735 g/mol. The smallest absolute Gasteiger partial charge is 0.325 e. The lowest BCUT2D eigenvalue weighted by Crippen LogP contribution is -2.62. The second-order valence-electron chi connectivity index (χ2n) is 14.2. The number of aromatic nitrogens is 1. The summed E-state index contributed by atoms with van der Waals surface area (Å²) in [5.41, 5.74) is 4.68. The largest absolute Gasteiger partial charge is 0.496 e. The lowest BCUT2D eigenvalue weighted by Gasteiger charge is -2.43. The predicted octanol–water partition coefficient (Wildman–Crippen LogP) is 4.91. The number of halogens is 2. The first-order valence-corrected chi connectivity index (χ1v) is 18.8. The zero-order valence-corrected chi connectivity index (χ0v) is 31.4. The number of amides is 2. The molecule has 14 nitrogen and oxygen atoms in total. The third-order valence-electron chi connectivity index (χ3n) is 11.3. The Bertz CT molecular complexity index is 1930. The van der Waals surface area contributed by atoms with Crippen molar-refractivity contribution >= 4 is 47.2 Å². The lowest BCUT2D eigenvalue weighted by molar-refractivity contribution is -0.156. The van der Waals surface area contributed by atoms with Crippen LogP contribution in [0, 0.1) is 0 Å². The molecule has 2 N–H and O–H groups in total. The molecule has 3 fully saturated rings. The van der Waals surface area contributed by atoms with Crippen molar-refractivity contribution in [3.63, 3.8) is 0 Å². The minimum atomic E-state index is -1.05. The van der Waals surface area contributed by atoms with Crippen molar-refractivity contribution in [1.82, 2.24) is 25.2 Å². The molecule has 0 bridgehead atoms. The van der Waals surface area contributed by atoms with Gasteiger partial charge in [-0.1, -0.05) is 41.4 Å². The Morgan fingerprint density at radius 1 is 1.02 bits per heavy atom. The van der Waals surface area contributed by atoms with Gasteiger partial charge in [-0.2, -0.15) is 5.11 Å². The van der Waals surface area contributed by atoms with Crippen LogP contribution < -0.4 is 10.2 Å². The van der Waals surface area contributed by atoms with Crippen molar-refractivity contribution in [2.75, 3.05) is 59.6 Å². The molecule has 284 valence electrons. The molecule has 5 heterocycles. The first kappa shape index (κ1) is 37.8. The van der Waals surface area contributed by atoms with Gasteiger partial charge in [-0.15, -0.1) is 5.10 Å². The second-order valence-corrected chi connectivity index (χ2v) is 15.1. The Morgan fingerprint density at radius 3 is 2.56 bits per heavy atom. The summed E-state index contributed by atoms with van der Waals surface area (Å²) in [7, 11) is 1.55. The highest BCUT2D eigenvalue weighted by molar-refractivity contribution is 6.42. The van der Waals surface area contributed by atoms with Crippen LogP contribution >= 0.6 is 23.2 Å². The van der Waals surface area contributed by atoms with E-state index in [9.17, 15) is 19.5 Å². The molecule has 2 aromatic carbocycles. The molecule has 2 amide bonds. The van der Waals surface area contributed by atoms with Crippen LogP contribution in [0.15, 0.2) is 76.4 Å². The molecule has 0 spiro atoms. The molecule has 0 aliphatic carbocycles. The average molecular weight is 778 g/mol. The first-order valence-electron chi connectivity index (χ1n) is 18.0. The SMILES string of the molecule is COc1ccc(C2C=NN=N2)cc1C(=O)N1CCC(CCN2CCC(C(=O)NN3CCOCC3C(=O)O)(c3cccnc3)CC2)(c2ccc(Cl)c(Cl)c2)C1. The number of hydrazine groups is 1. The number of nitrogens with one attached hydrogen (secondary N) is 1. The van der Waals surface area contributed by atoms with Crippen LogP contribution in [0.2, 0.25) is 10.0 Å².